The summed E-state index contributed by atoms with van der Waals surface area (Å²) in [5, 5.41) is 5.91. The van der Waals surface area contributed by atoms with Crippen LogP contribution in [0.15, 0.2) is 84.6 Å². The Morgan fingerprint density at radius 3 is 2.15 bits per heavy atom. The third kappa shape index (κ3) is 8.05. The topological polar surface area (TPSA) is 75.3 Å². The number of rotatable bonds is 9. The van der Waals surface area contributed by atoms with E-state index in [4.69, 9.17) is 11.6 Å². The Morgan fingerprint density at radius 2 is 1.52 bits per heavy atom. The van der Waals surface area contributed by atoms with Crippen LogP contribution in [0.1, 0.15) is 30.0 Å². The highest BCUT2D eigenvalue weighted by Crippen LogP contribution is 2.15. The van der Waals surface area contributed by atoms with Crippen LogP contribution in [0, 0.1) is 0 Å². The van der Waals surface area contributed by atoms with Crippen molar-refractivity contribution in [2.24, 2.45) is 0 Å². The molecule has 3 rings (SSSR count). The number of halogens is 1. The third-order valence-corrected chi connectivity index (χ3v) is 5.14. The zero-order valence-electron chi connectivity index (χ0n) is 18.3. The molecule has 2 N–H and O–H groups in total. The van der Waals surface area contributed by atoms with Crippen molar-refractivity contribution in [1.29, 1.82) is 0 Å². The summed E-state index contributed by atoms with van der Waals surface area (Å²) in [6.45, 7) is 1.34. The molecule has 0 bridgehead atoms. The third-order valence-electron chi connectivity index (χ3n) is 4.88. The highest BCUT2D eigenvalue weighted by molar-refractivity contribution is 6.30. The van der Waals surface area contributed by atoms with Gasteiger partial charge >= 0.3 is 0 Å². The van der Waals surface area contributed by atoms with E-state index in [1.165, 1.54) is 6.92 Å². The summed E-state index contributed by atoms with van der Waals surface area (Å²) in [5.74, 6) is -0.643. The lowest BCUT2D eigenvalue weighted by molar-refractivity contribution is -0.120. The number of nitrogens with one attached hydrogen (secondary N) is 2. The lowest BCUT2D eigenvalue weighted by atomic mass is 10.0. The highest BCUT2D eigenvalue weighted by Gasteiger charge is 2.12. The van der Waals surface area contributed by atoms with E-state index in [1.807, 2.05) is 42.5 Å². The minimum atomic E-state index is -0.452. The van der Waals surface area contributed by atoms with Crippen molar-refractivity contribution in [3.8, 4) is 0 Å². The molecule has 0 aliphatic carbocycles. The molecule has 3 aromatic carbocycles. The first-order valence-corrected chi connectivity index (χ1v) is 11.0. The van der Waals surface area contributed by atoms with Crippen LogP contribution in [0.25, 0.3) is 6.08 Å². The maximum absolute atomic E-state index is 12.7. The lowest BCUT2D eigenvalue weighted by Gasteiger charge is -2.10. The number of anilines is 1. The first-order chi connectivity index (χ1) is 15.9. The number of Topliss-reactive ketones (excluding diaryl/α,β-unsaturated/α-hetero) is 1. The largest absolute Gasteiger partial charge is 0.322 e. The lowest BCUT2D eigenvalue weighted by Crippen LogP contribution is -2.28. The van der Waals surface area contributed by atoms with Gasteiger partial charge in [-0.25, -0.2) is 0 Å². The number of hydrogen-bond acceptors (Lipinski definition) is 3. The van der Waals surface area contributed by atoms with Crippen LogP contribution >= 0.6 is 11.6 Å². The molecule has 0 aliphatic rings. The van der Waals surface area contributed by atoms with E-state index in [0.717, 1.165) is 23.1 Å². The minimum Gasteiger partial charge on any atom is -0.322 e. The van der Waals surface area contributed by atoms with E-state index in [9.17, 15) is 14.4 Å². The van der Waals surface area contributed by atoms with Crippen LogP contribution in [0.5, 0.6) is 0 Å². The van der Waals surface area contributed by atoms with Crippen LogP contribution < -0.4 is 10.6 Å². The van der Waals surface area contributed by atoms with Crippen LogP contribution in [0.3, 0.4) is 0 Å². The SMILES string of the molecule is CC(=O)N/C(=C\c1ccc(Cl)cc1)C(=O)Nc1ccc(CC(=O)CCc2ccccc2)cc1. The molecule has 6 heteroatoms. The van der Waals surface area contributed by atoms with Crippen LogP contribution in [-0.2, 0) is 27.2 Å². The highest BCUT2D eigenvalue weighted by atomic mass is 35.5. The molecule has 5 nitrogen and oxygen atoms in total. The molecule has 0 saturated heterocycles. The van der Waals surface area contributed by atoms with E-state index >= 15 is 0 Å². The molecule has 3 aromatic rings. The maximum atomic E-state index is 12.7. The van der Waals surface area contributed by atoms with Gasteiger partial charge in [0.15, 0.2) is 0 Å². The van der Waals surface area contributed by atoms with Crippen LogP contribution in [0.4, 0.5) is 5.69 Å². The Bertz CT molecular complexity index is 1140. The first-order valence-electron chi connectivity index (χ1n) is 10.6. The van der Waals surface area contributed by atoms with Gasteiger partial charge in [-0.15, -0.1) is 0 Å². The van der Waals surface area contributed by atoms with Crippen molar-refractivity contribution in [2.45, 2.75) is 26.2 Å². The van der Waals surface area contributed by atoms with Gasteiger partial charge in [0.05, 0.1) is 0 Å². The number of carbonyl (C=O) groups excluding carboxylic acids is 3. The van der Waals surface area contributed by atoms with Gasteiger partial charge in [-0.3, -0.25) is 14.4 Å². The summed E-state index contributed by atoms with van der Waals surface area (Å²) in [7, 11) is 0. The number of carbonyl (C=O) groups is 3. The summed E-state index contributed by atoms with van der Waals surface area (Å²) in [4.78, 5) is 36.6. The van der Waals surface area contributed by atoms with E-state index in [0.29, 0.717) is 23.6 Å². The smallest absolute Gasteiger partial charge is 0.272 e. The van der Waals surface area contributed by atoms with E-state index < -0.39 is 5.91 Å². The standard InChI is InChI=1S/C27H25ClN2O3/c1-19(31)29-26(18-22-7-12-23(28)13-8-22)27(33)30-24-14-9-21(10-15-24)17-25(32)16-11-20-5-3-2-4-6-20/h2-10,12-15,18H,11,16-17H2,1H3,(H,29,31)(H,30,33)/b26-18-. The monoisotopic (exact) mass is 460 g/mol. The number of aryl methyl sites for hydroxylation is 1. The second-order valence-electron chi connectivity index (χ2n) is 7.64. The number of amides is 2. The molecule has 0 fully saturated rings. The van der Waals surface area contributed by atoms with E-state index in [2.05, 4.69) is 10.6 Å². The summed E-state index contributed by atoms with van der Waals surface area (Å²) in [5.41, 5.74) is 3.43. The molecular formula is C27H25ClN2O3. The molecule has 168 valence electrons. The average Bonchev–Trinajstić information content (AvgIpc) is 2.80. The van der Waals surface area contributed by atoms with Gasteiger partial charge in [0.2, 0.25) is 5.91 Å². The van der Waals surface area contributed by atoms with Gasteiger partial charge in [0.25, 0.3) is 5.91 Å². The summed E-state index contributed by atoms with van der Waals surface area (Å²) in [6, 6.07) is 23.9. The molecule has 0 saturated carbocycles. The zero-order chi connectivity index (χ0) is 23.6. The molecule has 0 aromatic heterocycles. The molecule has 0 spiro atoms. The Morgan fingerprint density at radius 1 is 0.848 bits per heavy atom. The molecule has 0 radical (unpaired) electrons. The maximum Gasteiger partial charge on any atom is 0.272 e. The van der Waals surface area contributed by atoms with Crippen molar-refractivity contribution >= 4 is 41.0 Å². The molecular weight excluding hydrogens is 436 g/mol. The molecule has 0 aliphatic heterocycles. The minimum absolute atomic E-state index is 0.116. The fourth-order valence-corrected chi connectivity index (χ4v) is 3.35. The molecule has 0 atom stereocenters. The van der Waals surface area contributed by atoms with Crippen molar-refractivity contribution in [3.05, 3.63) is 106 Å². The fraction of sp³-hybridized carbons (Fsp3) is 0.148. The predicted octanol–water partition coefficient (Wildman–Crippen LogP) is 5.20. The average molecular weight is 461 g/mol. The van der Waals surface area contributed by atoms with Crippen LogP contribution in [0.2, 0.25) is 5.02 Å². The zero-order valence-corrected chi connectivity index (χ0v) is 19.1. The Hall–Kier alpha value is -3.70. The van der Waals surface area contributed by atoms with Gasteiger partial charge in [-0.05, 0) is 53.5 Å². The Labute approximate surface area is 198 Å². The second-order valence-corrected chi connectivity index (χ2v) is 8.08. The number of benzene rings is 3. The molecule has 2 amide bonds. The van der Waals surface area contributed by atoms with E-state index in [1.54, 1.807) is 42.5 Å². The van der Waals surface area contributed by atoms with Crippen molar-refractivity contribution in [3.63, 3.8) is 0 Å². The first kappa shape index (κ1) is 24.0. The molecule has 0 unspecified atom stereocenters. The van der Waals surface area contributed by atoms with Gasteiger partial charge in [0.1, 0.15) is 11.5 Å². The van der Waals surface area contributed by atoms with Crippen molar-refractivity contribution in [2.75, 3.05) is 5.32 Å². The van der Waals surface area contributed by atoms with Gasteiger partial charge < -0.3 is 10.6 Å². The second kappa shape index (κ2) is 11.8. The Kier molecular flexibility index (Phi) is 8.56. The van der Waals surface area contributed by atoms with Gasteiger partial charge in [0, 0.05) is 30.5 Å². The van der Waals surface area contributed by atoms with Crippen molar-refractivity contribution in [1.82, 2.24) is 5.32 Å². The fourth-order valence-electron chi connectivity index (χ4n) is 3.22. The Balaban J connectivity index is 1.59. The van der Waals surface area contributed by atoms with Gasteiger partial charge in [-0.1, -0.05) is 66.2 Å². The predicted molar refractivity (Wildman–Crippen MR) is 132 cm³/mol. The normalized spacial score (nSPS) is 11.0. The summed E-state index contributed by atoms with van der Waals surface area (Å²) < 4.78 is 0. The summed E-state index contributed by atoms with van der Waals surface area (Å²) >= 11 is 5.90. The van der Waals surface area contributed by atoms with Gasteiger partial charge in [-0.2, -0.15) is 0 Å². The summed E-state index contributed by atoms with van der Waals surface area (Å²) in [6.07, 6.45) is 3.12. The van der Waals surface area contributed by atoms with E-state index in [-0.39, 0.29) is 17.4 Å². The number of ketones is 1. The number of hydrogen-bond donors (Lipinski definition) is 2. The van der Waals surface area contributed by atoms with Crippen LogP contribution in [-0.4, -0.2) is 17.6 Å². The quantitative estimate of drug-likeness (QED) is 0.431. The molecule has 33 heavy (non-hydrogen) atoms. The van der Waals surface area contributed by atoms with Crippen molar-refractivity contribution < 1.29 is 14.4 Å². The molecule has 0 heterocycles.